The minimum atomic E-state index is -4.71. The van der Waals surface area contributed by atoms with Crippen molar-refractivity contribution in [1.29, 1.82) is 5.41 Å². The Morgan fingerprint density at radius 1 is 1.00 bits per heavy atom. The highest BCUT2D eigenvalue weighted by Crippen LogP contribution is 2.36. The predicted molar refractivity (Wildman–Crippen MR) is 128 cm³/mol. The maximum atomic E-state index is 13.0. The fourth-order valence-electron chi connectivity index (χ4n) is 3.21. The summed E-state index contributed by atoms with van der Waals surface area (Å²) in [6, 6.07) is 12.0. The van der Waals surface area contributed by atoms with Crippen LogP contribution in [0.15, 0.2) is 58.1 Å². The minimum absolute atomic E-state index is 0.194. The number of hydrogen-bond donors (Lipinski definition) is 1. The zero-order chi connectivity index (χ0) is 25.9. The SMILES string of the molecule is COc1ccccc1OCCOc1ccc(/C=C2/C(=N)N3N=C(C(F)(F)F)SC3=NC2=O)cc1OC. The van der Waals surface area contributed by atoms with E-state index in [1.54, 1.807) is 37.4 Å². The number of aliphatic imine (C=N–C) groups is 1. The Bertz CT molecular complexity index is 1290. The largest absolute Gasteiger partial charge is 0.493 e. The normalized spacial score (nSPS) is 16.5. The van der Waals surface area contributed by atoms with Gasteiger partial charge in [-0.25, -0.2) is 0 Å². The van der Waals surface area contributed by atoms with E-state index in [2.05, 4.69) is 10.1 Å². The Kier molecular flexibility index (Phi) is 7.20. The van der Waals surface area contributed by atoms with Gasteiger partial charge in [0.1, 0.15) is 13.2 Å². The lowest BCUT2D eigenvalue weighted by molar-refractivity contribution is -0.114. The van der Waals surface area contributed by atoms with Gasteiger partial charge in [-0.15, -0.1) is 0 Å². The highest BCUT2D eigenvalue weighted by atomic mass is 32.2. The zero-order valence-electron chi connectivity index (χ0n) is 19.0. The van der Waals surface area contributed by atoms with Gasteiger partial charge < -0.3 is 18.9 Å². The Morgan fingerprint density at radius 2 is 1.64 bits per heavy atom. The van der Waals surface area contributed by atoms with Gasteiger partial charge in [0.15, 0.2) is 28.8 Å². The molecule has 0 atom stereocenters. The van der Waals surface area contributed by atoms with Crippen molar-refractivity contribution in [3.8, 4) is 23.0 Å². The minimum Gasteiger partial charge on any atom is -0.493 e. The molecule has 0 aromatic heterocycles. The van der Waals surface area contributed by atoms with Crippen molar-refractivity contribution in [2.75, 3.05) is 27.4 Å². The van der Waals surface area contributed by atoms with Crippen LogP contribution in [-0.4, -0.2) is 60.6 Å². The smallest absolute Gasteiger partial charge is 0.441 e. The van der Waals surface area contributed by atoms with E-state index in [1.165, 1.54) is 13.2 Å². The third-order valence-corrected chi connectivity index (χ3v) is 5.82. The summed E-state index contributed by atoms with van der Waals surface area (Å²) in [6.07, 6.45) is -3.38. The van der Waals surface area contributed by atoms with E-state index in [0.717, 1.165) is 0 Å². The van der Waals surface area contributed by atoms with Crippen LogP contribution in [0.1, 0.15) is 5.56 Å². The molecule has 2 aliphatic heterocycles. The van der Waals surface area contributed by atoms with Gasteiger partial charge in [-0.3, -0.25) is 10.2 Å². The van der Waals surface area contributed by atoms with E-state index in [0.29, 0.717) is 33.6 Å². The number of nitrogens with one attached hydrogen (secondary N) is 1. The van der Waals surface area contributed by atoms with Crippen LogP contribution in [0, 0.1) is 5.41 Å². The number of benzene rings is 2. The molecule has 0 aliphatic carbocycles. The van der Waals surface area contributed by atoms with Crippen LogP contribution in [0.2, 0.25) is 0 Å². The van der Waals surface area contributed by atoms with E-state index in [4.69, 9.17) is 24.4 Å². The summed E-state index contributed by atoms with van der Waals surface area (Å²) in [5, 5.41) is 10.8. The highest BCUT2D eigenvalue weighted by molar-refractivity contribution is 8.27. The number of hydrogen-bond acceptors (Lipinski definition) is 8. The van der Waals surface area contributed by atoms with E-state index < -0.39 is 23.0 Å². The number of amidine groups is 2. The lowest BCUT2D eigenvalue weighted by Crippen LogP contribution is -2.35. The van der Waals surface area contributed by atoms with Gasteiger partial charge in [0.05, 0.1) is 19.8 Å². The lowest BCUT2D eigenvalue weighted by atomic mass is 10.1. The number of hydrazone groups is 1. The van der Waals surface area contributed by atoms with E-state index in [-0.39, 0.29) is 35.7 Å². The Balaban J connectivity index is 1.45. The van der Waals surface area contributed by atoms with Gasteiger partial charge in [-0.2, -0.15) is 28.3 Å². The molecular weight excluding hydrogens is 501 g/mol. The number of carbonyl (C=O) groups is 1. The molecule has 0 saturated heterocycles. The van der Waals surface area contributed by atoms with Gasteiger partial charge in [0.25, 0.3) is 5.91 Å². The molecule has 0 spiro atoms. The Hall–Kier alpha value is -4.00. The fourth-order valence-corrected chi connectivity index (χ4v) is 3.97. The molecule has 13 heteroatoms. The molecule has 0 unspecified atom stereocenters. The molecule has 2 aliphatic rings. The fraction of sp³-hybridized carbons (Fsp3) is 0.217. The molecule has 0 saturated carbocycles. The van der Waals surface area contributed by atoms with Crippen LogP contribution in [0.3, 0.4) is 0 Å². The average Bonchev–Trinajstić information content (AvgIpc) is 3.30. The number of para-hydroxylation sites is 2. The van der Waals surface area contributed by atoms with Crippen molar-refractivity contribution >= 4 is 39.8 Å². The average molecular weight is 520 g/mol. The van der Waals surface area contributed by atoms with Crippen molar-refractivity contribution < 1.29 is 36.9 Å². The zero-order valence-corrected chi connectivity index (χ0v) is 19.8. The second-order valence-electron chi connectivity index (χ2n) is 7.18. The van der Waals surface area contributed by atoms with Crippen LogP contribution in [0.25, 0.3) is 6.08 Å². The molecular formula is C23H19F3N4O5S. The number of halogens is 3. The maximum Gasteiger partial charge on any atom is 0.441 e. The van der Waals surface area contributed by atoms with Gasteiger partial charge >= 0.3 is 6.18 Å². The van der Waals surface area contributed by atoms with Crippen molar-refractivity contribution in [2.45, 2.75) is 6.18 Å². The van der Waals surface area contributed by atoms with Crippen molar-refractivity contribution in [2.24, 2.45) is 10.1 Å². The summed E-state index contributed by atoms with van der Waals surface area (Å²) in [7, 11) is 2.98. The summed E-state index contributed by atoms with van der Waals surface area (Å²) in [5.41, 5.74) is 0.232. The first kappa shape index (κ1) is 25.1. The first-order chi connectivity index (χ1) is 17.2. The topological polar surface area (TPSA) is 106 Å². The van der Waals surface area contributed by atoms with E-state index >= 15 is 0 Å². The number of alkyl halides is 3. The van der Waals surface area contributed by atoms with Gasteiger partial charge in [-0.05, 0) is 47.7 Å². The van der Waals surface area contributed by atoms with Crippen molar-refractivity contribution in [3.63, 3.8) is 0 Å². The number of amides is 1. The quantitative estimate of drug-likeness (QED) is 0.408. The number of carbonyl (C=O) groups excluding carboxylic acids is 1. The molecule has 1 N–H and O–H groups in total. The van der Waals surface area contributed by atoms with Gasteiger partial charge in [0.2, 0.25) is 10.2 Å². The molecule has 9 nitrogen and oxygen atoms in total. The second kappa shape index (κ2) is 10.3. The molecule has 1 amide bonds. The van der Waals surface area contributed by atoms with E-state index in [9.17, 15) is 18.0 Å². The van der Waals surface area contributed by atoms with Crippen LogP contribution >= 0.6 is 11.8 Å². The molecule has 0 bridgehead atoms. The number of rotatable bonds is 8. The van der Waals surface area contributed by atoms with Crippen LogP contribution < -0.4 is 18.9 Å². The highest BCUT2D eigenvalue weighted by Gasteiger charge is 2.46. The third kappa shape index (κ3) is 5.30. The summed E-state index contributed by atoms with van der Waals surface area (Å²) in [6.45, 7) is 0.428. The standard InChI is InChI=1S/C23H19F3N4O5S/c1-32-15-5-3-4-6-16(15)34-9-10-35-17-8-7-13(12-18(17)33-2)11-14-19(27)30-22(28-20(14)31)36-21(29-30)23(24,25)26/h3-8,11-12,27H,9-10H2,1-2H3/b14-11-,27-19?. The molecule has 0 fully saturated rings. The van der Waals surface area contributed by atoms with Crippen LogP contribution in [0.4, 0.5) is 13.2 Å². The Morgan fingerprint density at radius 3 is 2.28 bits per heavy atom. The molecule has 2 heterocycles. The monoisotopic (exact) mass is 520 g/mol. The lowest BCUT2D eigenvalue weighted by Gasteiger charge is -2.20. The third-order valence-electron chi connectivity index (χ3n) is 4.86. The molecule has 2 aromatic carbocycles. The number of ether oxygens (including phenoxy) is 4. The second-order valence-corrected chi connectivity index (χ2v) is 8.14. The Labute approximate surface area is 207 Å². The van der Waals surface area contributed by atoms with Crippen molar-refractivity contribution in [1.82, 2.24) is 5.01 Å². The summed E-state index contributed by atoms with van der Waals surface area (Å²) < 4.78 is 60.9. The molecule has 0 radical (unpaired) electrons. The van der Waals surface area contributed by atoms with Crippen LogP contribution in [-0.2, 0) is 4.79 Å². The first-order valence-corrected chi connectivity index (χ1v) is 11.2. The summed E-state index contributed by atoms with van der Waals surface area (Å²) in [4.78, 5) is 16.1. The summed E-state index contributed by atoms with van der Waals surface area (Å²) >= 11 is 0.194. The number of thioether (sulfide) groups is 1. The van der Waals surface area contributed by atoms with Gasteiger partial charge in [-0.1, -0.05) is 18.2 Å². The maximum absolute atomic E-state index is 13.0. The van der Waals surface area contributed by atoms with Crippen LogP contribution in [0.5, 0.6) is 23.0 Å². The molecule has 188 valence electrons. The number of nitrogens with zero attached hydrogens (tertiary/aromatic N) is 3. The first-order valence-electron chi connectivity index (χ1n) is 10.4. The van der Waals surface area contributed by atoms with Crippen molar-refractivity contribution in [3.05, 3.63) is 53.6 Å². The predicted octanol–water partition coefficient (Wildman–Crippen LogP) is 4.34. The summed E-state index contributed by atoms with van der Waals surface area (Å²) in [5.74, 6) is 0.569. The number of fused-ring (bicyclic) bond motifs is 1. The number of methoxy groups -OCH3 is 2. The molecule has 4 rings (SSSR count). The van der Waals surface area contributed by atoms with E-state index in [1.807, 2.05) is 12.1 Å². The molecule has 2 aromatic rings. The molecule has 36 heavy (non-hydrogen) atoms. The van der Waals surface area contributed by atoms with Gasteiger partial charge in [0, 0.05) is 0 Å².